The minimum Gasteiger partial charge on any atom is -0.273 e. The summed E-state index contributed by atoms with van der Waals surface area (Å²) < 4.78 is 53.9. The van der Waals surface area contributed by atoms with E-state index in [1.165, 1.54) is 41.3 Å². The molecular formula is C17H14F2N4O3S. The summed E-state index contributed by atoms with van der Waals surface area (Å²) in [7, 11) is -4.37. The Morgan fingerprint density at radius 3 is 2.56 bits per heavy atom. The normalized spacial score (nSPS) is 11.4. The Kier molecular flexibility index (Phi) is 5.02. The van der Waals surface area contributed by atoms with E-state index < -0.39 is 38.0 Å². The van der Waals surface area contributed by atoms with Gasteiger partial charge in [-0.1, -0.05) is 12.1 Å². The van der Waals surface area contributed by atoms with Crippen LogP contribution < -0.4 is 10.3 Å². The summed E-state index contributed by atoms with van der Waals surface area (Å²) in [5.41, 5.74) is 2.09. The van der Waals surface area contributed by atoms with Crippen LogP contribution in [0.25, 0.3) is 5.69 Å². The summed E-state index contributed by atoms with van der Waals surface area (Å²) in [6.07, 6.45) is 2.95. The highest BCUT2D eigenvalue weighted by Gasteiger charge is 2.22. The van der Waals surface area contributed by atoms with Gasteiger partial charge in [-0.15, -0.1) is 4.83 Å². The first-order valence-electron chi connectivity index (χ1n) is 7.66. The van der Waals surface area contributed by atoms with Crippen LogP contribution >= 0.6 is 0 Å². The second kappa shape index (κ2) is 7.25. The van der Waals surface area contributed by atoms with Gasteiger partial charge in [0.2, 0.25) is 0 Å². The Bertz CT molecular complexity index is 1100. The number of halogens is 2. The number of aryl methyl sites for hydroxylation is 1. The summed E-state index contributed by atoms with van der Waals surface area (Å²) in [6.45, 7) is 1.65. The van der Waals surface area contributed by atoms with Crippen molar-refractivity contribution in [2.45, 2.75) is 11.8 Å². The molecule has 0 saturated heterocycles. The number of aromatic nitrogens is 2. The molecule has 0 aliphatic heterocycles. The number of hydrazine groups is 1. The Balaban J connectivity index is 1.86. The Labute approximate surface area is 153 Å². The maximum Gasteiger partial charge on any atom is 0.269 e. The molecule has 27 heavy (non-hydrogen) atoms. The lowest BCUT2D eigenvalue weighted by atomic mass is 10.1. The van der Waals surface area contributed by atoms with Crippen molar-refractivity contribution in [1.82, 2.24) is 20.0 Å². The van der Waals surface area contributed by atoms with Gasteiger partial charge in [-0.2, -0.15) is 5.10 Å². The Morgan fingerprint density at radius 2 is 1.89 bits per heavy atom. The largest absolute Gasteiger partial charge is 0.273 e. The van der Waals surface area contributed by atoms with Crippen molar-refractivity contribution in [3.8, 4) is 5.69 Å². The molecule has 0 radical (unpaired) electrons. The molecule has 2 aromatic carbocycles. The number of amides is 1. The van der Waals surface area contributed by atoms with E-state index in [1.807, 2.05) is 5.43 Å². The lowest BCUT2D eigenvalue weighted by molar-refractivity contribution is 0.0941. The van der Waals surface area contributed by atoms with E-state index in [2.05, 4.69) is 5.10 Å². The zero-order valence-electron chi connectivity index (χ0n) is 14.0. The molecule has 3 rings (SSSR count). The fourth-order valence-corrected chi connectivity index (χ4v) is 3.31. The van der Waals surface area contributed by atoms with Gasteiger partial charge in [-0.05, 0) is 42.8 Å². The molecule has 140 valence electrons. The number of hydrogen-bond donors (Lipinski definition) is 2. The molecule has 3 aromatic rings. The van der Waals surface area contributed by atoms with Gasteiger partial charge < -0.3 is 0 Å². The van der Waals surface area contributed by atoms with Crippen LogP contribution in [0.3, 0.4) is 0 Å². The molecule has 0 fully saturated rings. The zero-order valence-corrected chi connectivity index (χ0v) is 14.8. The van der Waals surface area contributed by atoms with E-state index in [-0.39, 0.29) is 5.69 Å². The highest BCUT2D eigenvalue weighted by Crippen LogP contribution is 2.19. The Hall–Kier alpha value is -3.11. The van der Waals surface area contributed by atoms with E-state index in [4.69, 9.17) is 0 Å². The van der Waals surface area contributed by atoms with Gasteiger partial charge in [0.15, 0.2) is 5.82 Å². The van der Waals surface area contributed by atoms with Crippen LogP contribution in [-0.4, -0.2) is 24.1 Å². The van der Waals surface area contributed by atoms with E-state index >= 15 is 0 Å². The number of hydrogen-bond acceptors (Lipinski definition) is 4. The second-order valence-corrected chi connectivity index (χ2v) is 7.24. The summed E-state index contributed by atoms with van der Waals surface area (Å²) >= 11 is 0. The first-order valence-corrected chi connectivity index (χ1v) is 9.15. The topological polar surface area (TPSA) is 93.1 Å². The lowest BCUT2D eigenvalue weighted by Gasteiger charge is -2.12. The number of carbonyl (C=O) groups excluding carboxylic acids is 1. The molecule has 0 unspecified atom stereocenters. The maximum absolute atomic E-state index is 14.7. The Morgan fingerprint density at radius 1 is 1.15 bits per heavy atom. The van der Waals surface area contributed by atoms with E-state index in [1.54, 1.807) is 17.8 Å². The van der Waals surface area contributed by atoms with E-state index in [0.29, 0.717) is 5.56 Å². The van der Waals surface area contributed by atoms with Crippen molar-refractivity contribution in [2.24, 2.45) is 0 Å². The first kappa shape index (κ1) is 18.7. The van der Waals surface area contributed by atoms with Crippen LogP contribution in [0.1, 0.15) is 15.9 Å². The molecule has 0 atom stereocenters. The molecule has 0 bridgehead atoms. The highest BCUT2D eigenvalue weighted by atomic mass is 32.2. The van der Waals surface area contributed by atoms with Crippen LogP contribution in [0.15, 0.2) is 59.8 Å². The monoisotopic (exact) mass is 392 g/mol. The number of nitrogens with one attached hydrogen (secondary N) is 2. The molecule has 1 aromatic heterocycles. The fraction of sp³-hybridized carbons (Fsp3) is 0.0588. The smallest absolute Gasteiger partial charge is 0.269 e. The van der Waals surface area contributed by atoms with Crippen molar-refractivity contribution < 1.29 is 22.0 Å². The average molecular weight is 392 g/mol. The van der Waals surface area contributed by atoms with Crippen molar-refractivity contribution in [3.63, 3.8) is 0 Å². The van der Waals surface area contributed by atoms with Gasteiger partial charge in [0, 0.05) is 12.4 Å². The molecule has 0 spiro atoms. The van der Waals surface area contributed by atoms with Crippen molar-refractivity contribution in [2.75, 3.05) is 0 Å². The molecule has 0 aliphatic rings. The molecule has 7 nitrogen and oxygen atoms in total. The molecule has 2 N–H and O–H groups in total. The molecule has 1 amide bonds. The zero-order chi connectivity index (χ0) is 19.6. The quantitative estimate of drug-likeness (QED) is 0.650. The molecule has 0 aliphatic carbocycles. The van der Waals surface area contributed by atoms with Gasteiger partial charge in [-0.3, -0.25) is 10.2 Å². The van der Waals surface area contributed by atoms with Crippen LogP contribution in [0.4, 0.5) is 8.78 Å². The average Bonchev–Trinajstić information content (AvgIpc) is 3.16. The minimum atomic E-state index is -4.37. The number of carbonyl (C=O) groups is 1. The van der Waals surface area contributed by atoms with Crippen LogP contribution in [0.2, 0.25) is 0 Å². The highest BCUT2D eigenvalue weighted by molar-refractivity contribution is 7.89. The van der Waals surface area contributed by atoms with Gasteiger partial charge in [-0.25, -0.2) is 21.9 Å². The summed E-state index contributed by atoms with van der Waals surface area (Å²) in [5, 5.41) is 3.92. The van der Waals surface area contributed by atoms with Gasteiger partial charge in [0.1, 0.15) is 16.4 Å². The van der Waals surface area contributed by atoms with E-state index in [9.17, 15) is 22.0 Å². The third-order valence-electron chi connectivity index (χ3n) is 3.62. The number of benzene rings is 2. The SMILES string of the molecule is Cc1cc(C(=O)NNS(=O)(=O)c2ccccc2F)c(F)c(-n2cccn2)c1. The third kappa shape index (κ3) is 3.86. The number of rotatable bonds is 5. The van der Waals surface area contributed by atoms with Gasteiger partial charge in [0.05, 0.1) is 5.56 Å². The molecule has 1 heterocycles. The predicted molar refractivity (Wildman–Crippen MR) is 92.4 cm³/mol. The second-order valence-electron chi connectivity index (χ2n) is 5.59. The summed E-state index contributed by atoms with van der Waals surface area (Å²) in [4.78, 5) is 13.4. The standard InChI is InChI=1S/C17H14F2N4O3S/c1-11-9-12(16(19)14(10-11)23-8-4-7-20-23)17(24)21-22-27(25,26)15-6-3-2-5-13(15)18/h2-10,22H,1H3,(H,21,24). The predicted octanol–water partition coefficient (Wildman–Crippen LogP) is 2.08. The molecular weight excluding hydrogens is 378 g/mol. The van der Waals surface area contributed by atoms with Crippen LogP contribution in [-0.2, 0) is 10.0 Å². The first-order chi connectivity index (χ1) is 12.8. The van der Waals surface area contributed by atoms with Crippen LogP contribution in [0.5, 0.6) is 0 Å². The molecule has 0 saturated carbocycles. The van der Waals surface area contributed by atoms with Crippen molar-refractivity contribution in [1.29, 1.82) is 0 Å². The van der Waals surface area contributed by atoms with Crippen molar-refractivity contribution in [3.05, 3.63) is 77.6 Å². The number of sulfonamides is 1. The van der Waals surface area contributed by atoms with Gasteiger partial charge in [0.25, 0.3) is 15.9 Å². The van der Waals surface area contributed by atoms with Gasteiger partial charge >= 0.3 is 0 Å². The third-order valence-corrected chi connectivity index (χ3v) is 4.90. The summed E-state index contributed by atoms with van der Waals surface area (Å²) in [5.74, 6) is -2.90. The minimum absolute atomic E-state index is 0.0297. The van der Waals surface area contributed by atoms with Crippen LogP contribution in [0, 0.1) is 18.6 Å². The number of nitrogens with zero attached hydrogens (tertiary/aromatic N) is 2. The fourth-order valence-electron chi connectivity index (χ4n) is 2.39. The maximum atomic E-state index is 14.7. The summed E-state index contributed by atoms with van der Waals surface area (Å²) in [6, 6.07) is 8.99. The van der Waals surface area contributed by atoms with Crippen molar-refractivity contribution >= 4 is 15.9 Å². The lowest BCUT2D eigenvalue weighted by Crippen LogP contribution is -2.42. The molecule has 10 heteroatoms. The van der Waals surface area contributed by atoms with E-state index in [0.717, 1.165) is 12.1 Å².